The highest BCUT2D eigenvalue weighted by molar-refractivity contribution is 7.20. The van der Waals surface area contributed by atoms with Crippen molar-refractivity contribution in [3.63, 3.8) is 0 Å². The van der Waals surface area contributed by atoms with Crippen LogP contribution in [0.3, 0.4) is 0 Å². The molecule has 0 N–H and O–H groups in total. The first-order valence-corrected chi connectivity index (χ1v) is 9.15. The van der Waals surface area contributed by atoms with Gasteiger partial charge < -0.3 is 0 Å². The lowest BCUT2D eigenvalue weighted by Gasteiger charge is -2.58. The quantitative estimate of drug-likeness (QED) is 0.537. The van der Waals surface area contributed by atoms with E-state index in [1.54, 1.807) is 0 Å². The molecule has 0 amide bonds. The van der Waals surface area contributed by atoms with Gasteiger partial charge in [0.15, 0.2) is 0 Å². The maximum atomic E-state index is 6.91. The fraction of sp³-hybridized carbons (Fsp3) is 0.733. The second-order valence-corrected chi connectivity index (χ2v) is 9.64. The smallest absolute Gasteiger partial charge is 0.0991 e. The van der Waals surface area contributed by atoms with E-state index in [0.717, 1.165) is 32.0 Å². The minimum absolute atomic E-state index is 0.0529. The highest BCUT2D eigenvalue weighted by Crippen LogP contribution is 2.66. The van der Waals surface area contributed by atoms with E-state index in [4.69, 9.17) is 34.8 Å². The largest absolute Gasteiger partial charge is 0.117 e. The average molecular weight is 336 g/mol. The van der Waals surface area contributed by atoms with Crippen LogP contribution in [0, 0.1) is 23.2 Å². The molecule has 1 aromatic heterocycles. The monoisotopic (exact) mass is 334 g/mol. The van der Waals surface area contributed by atoms with Gasteiger partial charge >= 0.3 is 0 Å². The van der Waals surface area contributed by atoms with Gasteiger partial charge in [-0.05, 0) is 67.8 Å². The Balaban J connectivity index is 1.69. The Bertz CT molecular complexity index is 472. The highest BCUT2D eigenvalue weighted by atomic mass is 35.5. The first-order chi connectivity index (χ1) is 9.06. The average Bonchev–Trinajstić information content (AvgIpc) is 2.65. The summed E-state index contributed by atoms with van der Waals surface area (Å²) in [6, 6.07) is 1.99. The summed E-state index contributed by atoms with van der Waals surface area (Å²) in [6.07, 6.45) is 8.24. The molecule has 4 aliphatic rings. The zero-order valence-corrected chi connectivity index (χ0v) is 13.8. The molecular weight excluding hydrogens is 319 g/mol. The Morgan fingerprint density at radius 1 is 1.05 bits per heavy atom. The van der Waals surface area contributed by atoms with Gasteiger partial charge in [0.1, 0.15) is 0 Å². The van der Waals surface area contributed by atoms with Crippen LogP contribution in [0.4, 0.5) is 0 Å². The molecule has 0 aromatic carbocycles. The van der Waals surface area contributed by atoms with E-state index in [-0.39, 0.29) is 5.38 Å². The van der Waals surface area contributed by atoms with Crippen molar-refractivity contribution in [3.8, 4) is 0 Å². The van der Waals surface area contributed by atoms with Gasteiger partial charge in [-0.15, -0.1) is 22.9 Å². The zero-order valence-electron chi connectivity index (χ0n) is 10.7. The number of halogens is 3. The summed E-state index contributed by atoms with van der Waals surface area (Å²) < 4.78 is 1.55. The van der Waals surface area contributed by atoms with Crippen molar-refractivity contribution in [2.24, 2.45) is 23.2 Å². The Kier molecular flexibility index (Phi) is 3.16. The molecule has 5 rings (SSSR count). The minimum atomic E-state index is 0.0529. The Morgan fingerprint density at radius 3 is 2.00 bits per heavy atom. The van der Waals surface area contributed by atoms with Crippen LogP contribution in [0.2, 0.25) is 8.67 Å². The summed E-state index contributed by atoms with van der Waals surface area (Å²) in [7, 11) is 0. The van der Waals surface area contributed by atoms with E-state index in [0.29, 0.717) is 5.41 Å². The van der Waals surface area contributed by atoms with E-state index in [1.165, 1.54) is 49.9 Å². The molecule has 1 unspecified atom stereocenters. The SMILES string of the molecule is Clc1cc(C(Cl)C23CC4CC(CC(C4)C2)C3)c(Cl)s1. The third kappa shape index (κ3) is 2.08. The predicted octanol–water partition coefficient (Wildman–Crippen LogP) is 6.55. The van der Waals surface area contributed by atoms with Gasteiger partial charge in [0.25, 0.3) is 0 Å². The van der Waals surface area contributed by atoms with Gasteiger partial charge in [-0.2, -0.15) is 0 Å². The zero-order chi connectivity index (χ0) is 13.2. The molecule has 1 atom stereocenters. The fourth-order valence-corrected chi connectivity index (χ4v) is 7.44. The summed E-state index contributed by atoms with van der Waals surface area (Å²) in [5, 5.41) is 0.0529. The van der Waals surface area contributed by atoms with Crippen LogP contribution in [0.1, 0.15) is 49.5 Å². The standard InChI is InChI=1S/C15H17Cl3S/c16-12-4-11(14(18)19-12)13(17)15-5-8-1-9(6-15)3-10(2-8)7-15/h4,8-10,13H,1-3,5-7H2. The molecule has 4 fully saturated rings. The summed E-state index contributed by atoms with van der Waals surface area (Å²) in [5.41, 5.74) is 1.38. The number of hydrogen-bond acceptors (Lipinski definition) is 1. The summed E-state index contributed by atoms with van der Waals surface area (Å²) in [6.45, 7) is 0. The third-order valence-corrected chi connectivity index (χ3v) is 7.80. The van der Waals surface area contributed by atoms with E-state index >= 15 is 0 Å². The molecule has 19 heavy (non-hydrogen) atoms. The number of hydrogen-bond donors (Lipinski definition) is 0. The van der Waals surface area contributed by atoms with Crippen molar-refractivity contribution in [2.75, 3.05) is 0 Å². The van der Waals surface area contributed by atoms with Crippen LogP contribution < -0.4 is 0 Å². The second-order valence-electron chi connectivity index (χ2n) is 6.92. The molecule has 4 aliphatic carbocycles. The Hall–Kier alpha value is 0.570. The number of thiophene rings is 1. The Labute approximate surface area is 133 Å². The minimum Gasteiger partial charge on any atom is -0.117 e. The van der Waals surface area contributed by atoms with Gasteiger partial charge in [-0.1, -0.05) is 23.2 Å². The molecule has 0 saturated heterocycles. The van der Waals surface area contributed by atoms with Crippen LogP contribution in [0.25, 0.3) is 0 Å². The van der Waals surface area contributed by atoms with Crippen molar-refractivity contribution in [2.45, 2.75) is 43.9 Å². The van der Waals surface area contributed by atoms with Gasteiger partial charge in [-0.25, -0.2) is 0 Å². The van der Waals surface area contributed by atoms with E-state index in [1.807, 2.05) is 6.07 Å². The Morgan fingerprint density at radius 2 is 1.58 bits per heavy atom. The predicted molar refractivity (Wildman–Crippen MR) is 83.5 cm³/mol. The van der Waals surface area contributed by atoms with Gasteiger partial charge in [0, 0.05) is 5.56 Å². The first-order valence-electron chi connectivity index (χ1n) is 7.14. The summed E-state index contributed by atoms with van der Waals surface area (Å²) in [5.74, 6) is 2.75. The van der Waals surface area contributed by atoms with Crippen LogP contribution in [0.5, 0.6) is 0 Å². The van der Waals surface area contributed by atoms with Crippen molar-refractivity contribution in [1.82, 2.24) is 0 Å². The highest BCUT2D eigenvalue weighted by Gasteiger charge is 2.54. The summed E-state index contributed by atoms with van der Waals surface area (Å²) in [4.78, 5) is 0. The second kappa shape index (κ2) is 4.53. The molecule has 4 heteroatoms. The van der Waals surface area contributed by atoms with Gasteiger partial charge in [-0.3, -0.25) is 0 Å². The molecule has 0 spiro atoms. The van der Waals surface area contributed by atoms with E-state index < -0.39 is 0 Å². The van der Waals surface area contributed by atoms with Crippen molar-refractivity contribution in [1.29, 1.82) is 0 Å². The van der Waals surface area contributed by atoms with E-state index in [2.05, 4.69) is 0 Å². The van der Waals surface area contributed by atoms with Crippen molar-refractivity contribution in [3.05, 3.63) is 20.3 Å². The number of rotatable bonds is 2. The molecule has 1 aromatic rings. The fourth-order valence-electron chi connectivity index (χ4n) is 5.34. The lowest BCUT2D eigenvalue weighted by atomic mass is 9.48. The van der Waals surface area contributed by atoms with Crippen LogP contribution in [0.15, 0.2) is 6.07 Å². The molecule has 1 heterocycles. The molecule has 0 radical (unpaired) electrons. The van der Waals surface area contributed by atoms with Crippen LogP contribution >= 0.6 is 46.1 Å². The molecule has 0 nitrogen and oxygen atoms in total. The first kappa shape index (κ1) is 13.2. The maximum absolute atomic E-state index is 6.91. The van der Waals surface area contributed by atoms with E-state index in [9.17, 15) is 0 Å². The van der Waals surface area contributed by atoms with Crippen LogP contribution in [-0.4, -0.2) is 0 Å². The maximum Gasteiger partial charge on any atom is 0.0991 e. The number of alkyl halides is 1. The molecule has 0 aliphatic heterocycles. The van der Waals surface area contributed by atoms with Crippen molar-refractivity contribution >= 4 is 46.1 Å². The molecule has 104 valence electrons. The molecular formula is C15H17Cl3S. The van der Waals surface area contributed by atoms with Gasteiger partial charge in [0.05, 0.1) is 14.0 Å². The summed E-state index contributed by atoms with van der Waals surface area (Å²) >= 11 is 20.8. The van der Waals surface area contributed by atoms with Crippen LogP contribution in [-0.2, 0) is 0 Å². The van der Waals surface area contributed by atoms with Gasteiger partial charge in [0.2, 0.25) is 0 Å². The third-order valence-electron chi connectivity index (χ3n) is 5.58. The normalized spacial score (nSPS) is 41.7. The van der Waals surface area contributed by atoms with Crippen molar-refractivity contribution < 1.29 is 0 Å². The topological polar surface area (TPSA) is 0 Å². The molecule has 4 bridgehead atoms. The molecule has 4 saturated carbocycles. The lowest BCUT2D eigenvalue weighted by molar-refractivity contribution is -0.0551. The lowest BCUT2D eigenvalue weighted by Crippen LogP contribution is -2.47.